The number of hydrogen-bond acceptors (Lipinski definition) is 2. The highest BCUT2D eigenvalue weighted by Crippen LogP contribution is 2.19. The Morgan fingerprint density at radius 1 is 1.25 bits per heavy atom. The average molecular weight is 165 g/mol. The van der Waals surface area contributed by atoms with Gasteiger partial charge < -0.3 is 9.47 Å². The Bertz CT molecular complexity index is 243. The molecule has 0 saturated carbocycles. The van der Waals surface area contributed by atoms with Crippen molar-refractivity contribution < 1.29 is 9.47 Å². The zero-order chi connectivity index (χ0) is 8.97. The summed E-state index contributed by atoms with van der Waals surface area (Å²) in [5, 5.41) is 0. The molecule has 0 bridgehead atoms. The predicted molar refractivity (Wildman–Crippen MR) is 48.2 cm³/mol. The van der Waals surface area contributed by atoms with Crippen molar-refractivity contribution in [1.82, 2.24) is 0 Å². The Hall–Kier alpha value is -1.18. The monoisotopic (exact) mass is 165 g/mol. The summed E-state index contributed by atoms with van der Waals surface area (Å²) in [6.45, 7) is 3.97. The Labute approximate surface area is 73.1 Å². The van der Waals surface area contributed by atoms with Crippen molar-refractivity contribution in [3.63, 3.8) is 0 Å². The quantitative estimate of drug-likeness (QED) is 0.685. The highest BCUT2D eigenvalue weighted by atomic mass is 16.5. The van der Waals surface area contributed by atoms with Gasteiger partial charge in [0.2, 0.25) is 0 Å². The molecule has 1 rings (SSSR count). The molecule has 0 amide bonds. The van der Waals surface area contributed by atoms with Crippen LogP contribution in [0, 0.1) is 7.11 Å². The van der Waals surface area contributed by atoms with Crippen LogP contribution < -0.4 is 9.47 Å². The highest BCUT2D eigenvalue weighted by molar-refractivity contribution is 5.33. The summed E-state index contributed by atoms with van der Waals surface area (Å²) in [7, 11) is 3.32. The predicted octanol–water partition coefficient (Wildman–Crippen LogP) is 2.64. The molecule has 0 aliphatic carbocycles. The molecule has 2 nitrogen and oxygen atoms in total. The topological polar surface area (TPSA) is 18.5 Å². The summed E-state index contributed by atoms with van der Waals surface area (Å²) in [5.41, 5.74) is 0. The second-order valence-electron chi connectivity index (χ2n) is 2.79. The summed E-state index contributed by atoms with van der Waals surface area (Å²) >= 11 is 0. The van der Waals surface area contributed by atoms with Gasteiger partial charge in [-0.25, -0.2) is 0 Å². The zero-order valence-corrected chi connectivity index (χ0v) is 7.41. The third-order valence-corrected chi connectivity index (χ3v) is 1.34. The van der Waals surface area contributed by atoms with Crippen LogP contribution in [0.1, 0.15) is 13.8 Å². The van der Waals surface area contributed by atoms with Gasteiger partial charge in [-0.05, 0) is 26.0 Å². The van der Waals surface area contributed by atoms with E-state index < -0.39 is 0 Å². The number of benzene rings is 1. The molecular formula is C10H13O2. The number of rotatable bonds is 3. The van der Waals surface area contributed by atoms with Gasteiger partial charge >= 0.3 is 0 Å². The fourth-order valence-corrected chi connectivity index (χ4v) is 0.909. The molecule has 1 radical (unpaired) electrons. The van der Waals surface area contributed by atoms with Crippen LogP contribution in [-0.2, 0) is 0 Å². The second kappa shape index (κ2) is 4.00. The number of hydrogen-bond donors (Lipinski definition) is 0. The fraction of sp³-hybridized carbons (Fsp3) is 0.300. The van der Waals surface area contributed by atoms with Gasteiger partial charge in [-0.3, -0.25) is 0 Å². The normalized spacial score (nSPS) is 10.0. The van der Waals surface area contributed by atoms with Crippen molar-refractivity contribution in [2.24, 2.45) is 0 Å². The molecule has 0 heterocycles. The standard InChI is InChI=1S/C10H13O2/c1-8(2)12-10-6-4-5-9(7-10)11-3/h4-8H,3H2,1-2H3. The van der Waals surface area contributed by atoms with Crippen LogP contribution in [0.5, 0.6) is 11.5 Å². The van der Waals surface area contributed by atoms with Crippen LogP contribution in [-0.4, -0.2) is 6.10 Å². The van der Waals surface area contributed by atoms with Crippen molar-refractivity contribution in [1.29, 1.82) is 0 Å². The van der Waals surface area contributed by atoms with Crippen LogP contribution in [0.2, 0.25) is 0 Å². The Balaban J connectivity index is 2.72. The Morgan fingerprint density at radius 2 is 1.92 bits per heavy atom. The summed E-state index contributed by atoms with van der Waals surface area (Å²) in [5.74, 6) is 1.53. The first-order valence-corrected chi connectivity index (χ1v) is 3.91. The van der Waals surface area contributed by atoms with Gasteiger partial charge in [0.05, 0.1) is 6.10 Å². The first kappa shape index (κ1) is 8.91. The average Bonchev–Trinajstić information content (AvgIpc) is 2.03. The van der Waals surface area contributed by atoms with Crippen molar-refractivity contribution in [2.75, 3.05) is 0 Å². The van der Waals surface area contributed by atoms with Gasteiger partial charge in [0.15, 0.2) is 0 Å². The molecule has 1 aromatic rings. The van der Waals surface area contributed by atoms with E-state index in [4.69, 9.17) is 9.47 Å². The van der Waals surface area contributed by atoms with E-state index in [1.165, 1.54) is 0 Å². The molecule has 0 N–H and O–H groups in total. The van der Waals surface area contributed by atoms with Crippen LogP contribution in [0.25, 0.3) is 0 Å². The molecule has 0 unspecified atom stereocenters. The van der Waals surface area contributed by atoms with Gasteiger partial charge in [0.25, 0.3) is 0 Å². The molecule has 12 heavy (non-hydrogen) atoms. The van der Waals surface area contributed by atoms with E-state index in [1.54, 1.807) is 0 Å². The minimum absolute atomic E-state index is 0.185. The molecule has 0 aromatic heterocycles. The smallest absolute Gasteiger partial charge is 0.123 e. The molecule has 2 heteroatoms. The van der Waals surface area contributed by atoms with E-state index in [0.717, 1.165) is 5.75 Å². The van der Waals surface area contributed by atoms with Crippen molar-refractivity contribution >= 4 is 0 Å². The molecule has 0 aliphatic rings. The third kappa shape index (κ3) is 2.46. The van der Waals surface area contributed by atoms with Gasteiger partial charge in [0.1, 0.15) is 18.6 Å². The molecular weight excluding hydrogens is 152 g/mol. The lowest BCUT2D eigenvalue weighted by Gasteiger charge is -2.09. The summed E-state index contributed by atoms with van der Waals surface area (Å²) < 4.78 is 10.3. The number of ether oxygens (including phenoxy) is 2. The van der Waals surface area contributed by atoms with Gasteiger partial charge in [-0.2, -0.15) is 0 Å². The van der Waals surface area contributed by atoms with E-state index in [2.05, 4.69) is 7.11 Å². The largest absolute Gasteiger partial charge is 0.491 e. The van der Waals surface area contributed by atoms with Gasteiger partial charge in [0, 0.05) is 6.07 Å². The molecule has 0 aliphatic heterocycles. The zero-order valence-electron chi connectivity index (χ0n) is 7.41. The van der Waals surface area contributed by atoms with Crippen molar-refractivity contribution in [3.05, 3.63) is 31.4 Å². The van der Waals surface area contributed by atoms with Crippen LogP contribution >= 0.6 is 0 Å². The maximum absolute atomic E-state index is 5.45. The van der Waals surface area contributed by atoms with E-state index in [0.29, 0.717) is 5.75 Å². The van der Waals surface area contributed by atoms with E-state index in [-0.39, 0.29) is 6.10 Å². The van der Waals surface area contributed by atoms with Gasteiger partial charge in [-0.1, -0.05) is 6.07 Å². The highest BCUT2D eigenvalue weighted by Gasteiger charge is 1.98. The first-order valence-electron chi connectivity index (χ1n) is 3.91. The van der Waals surface area contributed by atoms with E-state index >= 15 is 0 Å². The summed E-state index contributed by atoms with van der Waals surface area (Å²) in [4.78, 5) is 0. The first-order chi connectivity index (χ1) is 5.72. The molecule has 65 valence electrons. The van der Waals surface area contributed by atoms with E-state index in [9.17, 15) is 0 Å². The lowest BCUT2D eigenvalue weighted by Crippen LogP contribution is -2.05. The second-order valence-corrected chi connectivity index (χ2v) is 2.79. The van der Waals surface area contributed by atoms with Gasteiger partial charge in [-0.15, -0.1) is 0 Å². The maximum atomic E-state index is 5.45. The third-order valence-electron chi connectivity index (χ3n) is 1.34. The van der Waals surface area contributed by atoms with E-state index in [1.807, 2.05) is 38.1 Å². The summed E-state index contributed by atoms with van der Waals surface area (Å²) in [6, 6.07) is 7.41. The van der Waals surface area contributed by atoms with Crippen LogP contribution in [0.4, 0.5) is 0 Å². The maximum Gasteiger partial charge on any atom is 0.123 e. The van der Waals surface area contributed by atoms with Crippen molar-refractivity contribution in [3.8, 4) is 11.5 Å². The van der Waals surface area contributed by atoms with Crippen molar-refractivity contribution in [2.45, 2.75) is 20.0 Å². The fourth-order valence-electron chi connectivity index (χ4n) is 0.909. The Kier molecular flexibility index (Phi) is 2.97. The molecule has 0 atom stereocenters. The lowest BCUT2D eigenvalue weighted by molar-refractivity contribution is 0.241. The summed E-state index contributed by atoms with van der Waals surface area (Å²) in [6.07, 6.45) is 0.185. The SMILES string of the molecule is [CH2]Oc1cccc(OC(C)C)c1. The minimum atomic E-state index is 0.185. The molecule has 0 saturated heterocycles. The van der Waals surface area contributed by atoms with Crippen LogP contribution in [0.3, 0.4) is 0 Å². The Morgan fingerprint density at radius 3 is 2.50 bits per heavy atom. The minimum Gasteiger partial charge on any atom is -0.491 e. The molecule has 0 spiro atoms. The molecule has 1 aromatic carbocycles. The molecule has 0 fully saturated rings. The lowest BCUT2D eigenvalue weighted by atomic mass is 10.3. The van der Waals surface area contributed by atoms with Crippen LogP contribution in [0.15, 0.2) is 24.3 Å².